The molecule has 2 N–H and O–H groups in total. The van der Waals surface area contributed by atoms with Crippen molar-refractivity contribution in [2.24, 2.45) is 0 Å². The van der Waals surface area contributed by atoms with E-state index in [2.05, 4.69) is 15.4 Å². The molecule has 2 heterocycles. The Bertz CT molecular complexity index is 1140. The predicted molar refractivity (Wildman–Crippen MR) is 97.7 cm³/mol. The van der Waals surface area contributed by atoms with E-state index in [1.54, 1.807) is 6.20 Å². The number of amides is 1. The van der Waals surface area contributed by atoms with E-state index in [1.165, 1.54) is 4.68 Å². The van der Waals surface area contributed by atoms with Gasteiger partial charge in [0.25, 0.3) is 5.56 Å². The first-order chi connectivity index (χ1) is 12.1. The highest BCUT2D eigenvalue weighted by molar-refractivity contribution is 6.06. The van der Waals surface area contributed by atoms with Crippen LogP contribution in [0.25, 0.3) is 21.8 Å². The number of benzene rings is 2. The molecule has 0 fully saturated rings. The molecule has 2 aromatic heterocycles. The molecule has 4 rings (SSSR count). The number of carbonyl (C=O) groups is 1. The van der Waals surface area contributed by atoms with Crippen molar-refractivity contribution in [3.63, 3.8) is 0 Å². The molecule has 0 bridgehead atoms. The monoisotopic (exact) mass is 332 g/mol. The Labute approximate surface area is 143 Å². The van der Waals surface area contributed by atoms with Gasteiger partial charge < -0.3 is 10.3 Å². The van der Waals surface area contributed by atoms with Crippen molar-refractivity contribution in [3.05, 3.63) is 70.6 Å². The zero-order chi connectivity index (χ0) is 17.4. The summed E-state index contributed by atoms with van der Waals surface area (Å²) in [6.07, 6.45) is 1.62. The number of nitrogens with zero attached hydrogens (tertiary/aromatic N) is 2. The van der Waals surface area contributed by atoms with Gasteiger partial charge in [-0.05, 0) is 25.1 Å². The van der Waals surface area contributed by atoms with Crippen molar-refractivity contribution in [3.8, 4) is 0 Å². The third-order valence-electron chi connectivity index (χ3n) is 4.15. The maximum absolute atomic E-state index is 12.6. The van der Waals surface area contributed by atoms with Crippen LogP contribution in [0, 0.1) is 6.92 Å². The van der Waals surface area contributed by atoms with Gasteiger partial charge in [-0.15, -0.1) is 0 Å². The molecule has 25 heavy (non-hydrogen) atoms. The Kier molecular flexibility index (Phi) is 3.57. The lowest BCUT2D eigenvalue weighted by Crippen LogP contribution is -2.29. The van der Waals surface area contributed by atoms with Crippen molar-refractivity contribution in [2.75, 3.05) is 5.32 Å². The number of para-hydroxylation sites is 1. The maximum Gasteiger partial charge on any atom is 0.291 e. The highest BCUT2D eigenvalue weighted by Crippen LogP contribution is 2.21. The summed E-state index contributed by atoms with van der Waals surface area (Å²) in [5.41, 5.74) is 2.82. The number of aromatic amines is 1. The van der Waals surface area contributed by atoms with Gasteiger partial charge in [-0.1, -0.05) is 35.9 Å². The quantitative estimate of drug-likeness (QED) is 0.605. The molecule has 0 aliphatic heterocycles. The molecule has 4 aromatic rings. The topological polar surface area (TPSA) is 79.8 Å². The second-order valence-electron chi connectivity index (χ2n) is 5.98. The Hall–Kier alpha value is -3.41. The summed E-state index contributed by atoms with van der Waals surface area (Å²) < 4.78 is 1.17. The lowest BCUT2D eigenvalue weighted by molar-refractivity contribution is -0.117. The summed E-state index contributed by atoms with van der Waals surface area (Å²) in [4.78, 5) is 27.9. The Balaban J connectivity index is 1.64. The first-order valence-corrected chi connectivity index (χ1v) is 7.95. The molecule has 0 aliphatic carbocycles. The minimum atomic E-state index is -0.312. The van der Waals surface area contributed by atoms with E-state index in [0.717, 1.165) is 21.9 Å². The Morgan fingerprint density at radius 3 is 2.68 bits per heavy atom. The number of fused-ring (bicyclic) bond motifs is 3. The summed E-state index contributed by atoms with van der Waals surface area (Å²) in [7, 11) is 0. The van der Waals surface area contributed by atoms with Crippen LogP contribution in [0.2, 0.25) is 0 Å². The smallest absolute Gasteiger partial charge is 0.291 e. The van der Waals surface area contributed by atoms with Crippen LogP contribution < -0.4 is 10.9 Å². The summed E-state index contributed by atoms with van der Waals surface area (Å²) in [5, 5.41) is 8.62. The summed E-state index contributed by atoms with van der Waals surface area (Å²) in [6, 6.07) is 15.1. The summed E-state index contributed by atoms with van der Waals surface area (Å²) in [5.74, 6) is -0.297. The third-order valence-corrected chi connectivity index (χ3v) is 4.15. The molecule has 6 heteroatoms. The van der Waals surface area contributed by atoms with Crippen molar-refractivity contribution in [1.29, 1.82) is 0 Å². The molecule has 0 saturated heterocycles. The first-order valence-electron chi connectivity index (χ1n) is 7.95. The van der Waals surface area contributed by atoms with E-state index >= 15 is 0 Å². The van der Waals surface area contributed by atoms with Crippen LogP contribution in [-0.4, -0.2) is 20.7 Å². The molecule has 0 unspecified atom stereocenters. The summed E-state index contributed by atoms with van der Waals surface area (Å²) in [6.45, 7) is 1.84. The molecule has 0 spiro atoms. The zero-order valence-corrected chi connectivity index (χ0v) is 13.6. The fourth-order valence-corrected chi connectivity index (χ4v) is 2.86. The second-order valence-corrected chi connectivity index (χ2v) is 5.98. The van der Waals surface area contributed by atoms with E-state index in [9.17, 15) is 9.59 Å². The molecule has 1 amide bonds. The van der Waals surface area contributed by atoms with E-state index in [1.807, 2.05) is 55.5 Å². The predicted octanol–water partition coefficient (Wildman–Crippen LogP) is 2.82. The van der Waals surface area contributed by atoms with E-state index < -0.39 is 0 Å². The lowest BCUT2D eigenvalue weighted by atomic mass is 10.2. The fourth-order valence-electron chi connectivity index (χ4n) is 2.86. The minimum Gasteiger partial charge on any atom is -0.350 e. The summed E-state index contributed by atoms with van der Waals surface area (Å²) >= 11 is 0. The number of anilines is 1. The van der Waals surface area contributed by atoms with Gasteiger partial charge in [-0.2, -0.15) is 5.10 Å². The molecule has 0 atom stereocenters. The van der Waals surface area contributed by atoms with E-state index in [-0.39, 0.29) is 18.0 Å². The van der Waals surface area contributed by atoms with Crippen molar-refractivity contribution >= 4 is 33.4 Å². The van der Waals surface area contributed by atoms with Crippen molar-refractivity contribution < 1.29 is 4.79 Å². The fraction of sp³-hybridized carbons (Fsp3) is 0.105. The number of nitrogens with one attached hydrogen (secondary N) is 2. The Morgan fingerprint density at radius 1 is 1.12 bits per heavy atom. The molecule has 0 aliphatic rings. The lowest BCUT2D eigenvalue weighted by Gasteiger charge is -2.07. The molecular weight excluding hydrogens is 316 g/mol. The molecule has 0 radical (unpaired) electrons. The average molecular weight is 332 g/mol. The number of H-pyrrole nitrogens is 1. The van der Waals surface area contributed by atoms with Crippen LogP contribution >= 0.6 is 0 Å². The molecule has 2 aromatic carbocycles. The van der Waals surface area contributed by atoms with Gasteiger partial charge in [0.1, 0.15) is 12.1 Å². The minimum absolute atomic E-state index is 0.141. The number of rotatable bonds is 3. The van der Waals surface area contributed by atoms with Crippen LogP contribution in [0.3, 0.4) is 0 Å². The second kappa shape index (κ2) is 5.90. The molecular formula is C19H16N4O2. The van der Waals surface area contributed by atoms with Crippen LogP contribution in [0.5, 0.6) is 0 Å². The number of hydrogen-bond acceptors (Lipinski definition) is 3. The van der Waals surface area contributed by atoms with Crippen molar-refractivity contribution in [2.45, 2.75) is 13.5 Å². The Morgan fingerprint density at radius 2 is 1.88 bits per heavy atom. The zero-order valence-electron chi connectivity index (χ0n) is 13.6. The largest absolute Gasteiger partial charge is 0.350 e. The molecule has 0 saturated carbocycles. The van der Waals surface area contributed by atoms with Gasteiger partial charge >= 0.3 is 0 Å². The van der Waals surface area contributed by atoms with Gasteiger partial charge in [0.15, 0.2) is 0 Å². The van der Waals surface area contributed by atoms with Crippen molar-refractivity contribution in [1.82, 2.24) is 14.8 Å². The normalized spacial score (nSPS) is 11.1. The van der Waals surface area contributed by atoms with Crippen LogP contribution in [-0.2, 0) is 11.3 Å². The highest BCUT2D eigenvalue weighted by Gasteiger charge is 2.12. The number of hydrogen-bond donors (Lipinski definition) is 2. The van der Waals surface area contributed by atoms with E-state index in [0.29, 0.717) is 11.2 Å². The molecule has 6 nitrogen and oxygen atoms in total. The van der Waals surface area contributed by atoms with Gasteiger partial charge in [0.05, 0.1) is 6.20 Å². The first kappa shape index (κ1) is 15.1. The van der Waals surface area contributed by atoms with Gasteiger partial charge in [-0.3, -0.25) is 9.59 Å². The van der Waals surface area contributed by atoms with Crippen LogP contribution in [0.15, 0.2) is 59.5 Å². The van der Waals surface area contributed by atoms with E-state index in [4.69, 9.17) is 0 Å². The van der Waals surface area contributed by atoms with Gasteiger partial charge in [0.2, 0.25) is 5.91 Å². The van der Waals surface area contributed by atoms with Gasteiger partial charge in [-0.25, -0.2) is 4.68 Å². The number of aryl methyl sites for hydroxylation is 1. The maximum atomic E-state index is 12.6. The van der Waals surface area contributed by atoms with Crippen LogP contribution in [0.1, 0.15) is 5.56 Å². The standard InChI is InChI=1S/C19H16N4O2/c1-12-6-8-13(9-7-12)21-17(24)11-23-19(25)18-15(10-20-23)14-4-2-3-5-16(14)22-18/h2-10,22H,11H2,1H3,(H,21,24). The van der Waals surface area contributed by atoms with Gasteiger partial charge in [0, 0.05) is 22.0 Å². The number of aromatic nitrogens is 3. The third kappa shape index (κ3) is 2.78. The molecule has 124 valence electrons. The van der Waals surface area contributed by atoms with Crippen LogP contribution in [0.4, 0.5) is 5.69 Å². The number of carbonyl (C=O) groups excluding carboxylic acids is 1. The highest BCUT2D eigenvalue weighted by atomic mass is 16.2. The SMILES string of the molecule is Cc1ccc(NC(=O)Cn2ncc3c([nH]c4ccccc43)c2=O)cc1. The average Bonchev–Trinajstić information content (AvgIpc) is 2.99.